The number of carbonyl (C=O) groups excluding carboxylic acids is 2. The van der Waals surface area contributed by atoms with E-state index in [4.69, 9.17) is 4.74 Å². The van der Waals surface area contributed by atoms with Crippen LogP contribution in [0.3, 0.4) is 0 Å². The highest BCUT2D eigenvalue weighted by Crippen LogP contribution is 2.30. The summed E-state index contributed by atoms with van der Waals surface area (Å²) in [5.41, 5.74) is 0.774. The monoisotopic (exact) mass is 474 g/mol. The van der Waals surface area contributed by atoms with Gasteiger partial charge in [0.25, 0.3) is 11.8 Å². The average molecular weight is 475 g/mol. The molecule has 0 aliphatic rings. The second-order valence-corrected chi connectivity index (χ2v) is 8.81. The maximum atomic E-state index is 14.3. The summed E-state index contributed by atoms with van der Waals surface area (Å²) in [7, 11) is 0. The summed E-state index contributed by atoms with van der Waals surface area (Å²) in [4.78, 5) is 29.9. The van der Waals surface area contributed by atoms with E-state index in [0.29, 0.717) is 28.1 Å². The Bertz CT molecular complexity index is 1270. The first kappa shape index (κ1) is 25.4. The van der Waals surface area contributed by atoms with Crippen LogP contribution in [0.5, 0.6) is 5.75 Å². The molecule has 2 aromatic carbocycles. The lowest BCUT2D eigenvalue weighted by atomic mass is 9.85. The van der Waals surface area contributed by atoms with Gasteiger partial charge in [-0.15, -0.1) is 0 Å². The van der Waals surface area contributed by atoms with Crippen molar-refractivity contribution in [3.8, 4) is 11.8 Å². The van der Waals surface area contributed by atoms with Crippen LogP contribution in [-0.2, 0) is 12.0 Å². The van der Waals surface area contributed by atoms with Gasteiger partial charge in [-0.3, -0.25) is 14.6 Å². The maximum Gasteiger partial charge on any atom is 0.255 e. The number of benzene rings is 2. The van der Waals surface area contributed by atoms with Gasteiger partial charge in [0, 0.05) is 29.4 Å². The van der Waals surface area contributed by atoms with Crippen molar-refractivity contribution < 1.29 is 18.7 Å². The number of hydrogen-bond acceptors (Lipinski definition) is 5. The van der Waals surface area contributed by atoms with E-state index >= 15 is 0 Å². The van der Waals surface area contributed by atoms with Crippen molar-refractivity contribution in [1.82, 2.24) is 10.3 Å². The third-order valence-corrected chi connectivity index (χ3v) is 5.23. The van der Waals surface area contributed by atoms with E-state index in [-0.39, 0.29) is 24.1 Å². The number of rotatable bonds is 8. The molecule has 35 heavy (non-hydrogen) atoms. The predicted molar refractivity (Wildman–Crippen MR) is 131 cm³/mol. The minimum Gasteiger partial charge on any atom is -0.487 e. The lowest BCUT2D eigenvalue weighted by molar-refractivity contribution is 0.0950. The molecule has 2 amide bonds. The zero-order chi connectivity index (χ0) is 25.6. The number of halogens is 1. The summed E-state index contributed by atoms with van der Waals surface area (Å²) < 4.78 is 20.1. The molecule has 7 nitrogen and oxygen atoms in total. The van der Waals surface area contributed by atoms with E-state index in [1.54, 1.807) is 38.1 Å². The summed E-state index contributed by atoms with van der Waals surface area (Å²) in [6.07, 6.45) is 2.77. The van der Waals surface area contributed by atoms with Crippen LogP contribution in [0.2, 0.25) is 0 Å². The average Bonchev–Trinajstić information content (AvgIpc) is 2.83. The van der Waals surface area contributed by atoms with Crippen LogP contribution in [0.15, 0.2) is 60.9 Å². The van der Waals surface area contributed by atoms with Gasteiger partial charge in [0.15, 0.2) is 5.75 Å². The van der Waals surface area contributed by atoms with Crippen LogP contribution in [0.25, 0.3) is 0 Å². The number of nitriles is 1. The number of nitrogens with one attached hydrogen (secondary N) is 2. The summed E-state index contributed by atoms with van der Waals surface area (Å²) >= 11 is 0. The van der Waals surface area contributed by atoms with Crippen LogP contribution in [0.1, 0.15) is 59.5 Å². The fourth-order valence-corrected chi connectivity index (χ4v) is 3.30. The van der Waals surface area contributed by atoms with E-state index in [1.165, 1.54) is 24.5 Å². The summed E-state index contributed by atoms with van der Waals surface area (Å²) in [5, 5.41) is 15.0. The number of pyridine rings is 1. The number of carbonyl (C=O) groups is 2. The lowest BCUT2D eigenvalue weighted by Gasteiger charge is -2.19. The molecule has 1 heterocycles. The SMILES string of the molecule is CC(C)Oc1cncc(CNC(=O)c2ccccc2)c1NC(=O)c1cc(F)cc(C(C)(C)C#N)c1. The van der Waals surface area contributed by atoms with Gasteiger partial charge in [-0.1, -0.05) is 18.2 Å². The Balaban J connectivity index is 1.92. The van der Waals surface area contributed by atoms with E-state index in [2.05, 4.69) is 21.7 Å². The Hall–Kier alpha value is -4.25. The molecule has 1 aromatic heterocycles. The fourth-order valence-electron chi connectivity index (χ4n) is 3.30. The number of aromatic nitrogens is 1. The Kier molecular flexibility index (Phi) is 7.82. The van der Waals surface area contributed by atoms with Gasteiger partial charge in [0.05, 0.1) is 29.5 Å². The van der Waals surface area contributed by atoms with Crippen LogP contribution in [0, 0.1) is 17.1 Å². The van der Waals surface area contributed by atoms with Gasteiger partial charge in [-0.2, -0.15) is 5.26 Å². The van der Waals surface area contributed by atoms with E-state index < -0.39 is 17.1 Å². The quantitative estimate of drug-likeness (QED) is 0.479. The van der Waals surface area contributed by atoms with Crippen molar-refractivity contribution in [2.75, 3.05) is 5.32 Å². The molecular weight excluding hydrogens is 447 g/mol. The Morgan fingerprint density at radius 3 is 2.46 bits per heavy atom. The van der Waals surface area contributed by atoms with Crippen LogP contribution >= 0.6 is 0 Å². The Morgan fingerprint density at radius 2 is 1.80 bits per heavy atom. The lowest BCUT2D eigenvalue weighted by Crippen LogP contribution is -2.24. The van der Waals surface area contributed by atoms with Gasteiger partial charge in [-0.05, 0) is 63.6 Å². The number of ether oxygens (including phenoxy) is 1. The van der Waals surface area contributed by atoms with Crippen molar-refractivity contribution in [2.45, 2.75) is 45.8 Å². The third-order valence-electron chi connectivity index (χ3n) is 5.23. The Morgan fingerprint density at radius 1 is 1.09 bits per heavy atom. The van der Waals surface area contributed by atoms with Crippen molar-refractivity contribution in [1.29, 1.82) is 5.26 Å². The molecule has 0 atom stereocenters. The fraction of sp³-hybridized carbons (Fsp3) is 0.259. The molecule has 0 fully saturated rings. The zero-order valence-electron chi connectivity index (χ0n) is 20.1. The maximum absolute atomic E-state index is 14.3. The van der Waals surface area contributed by atoms with Gasteiger partial charge < -0.3 is 15.4 Å². The minimum atomic E-state index is -0.980. The minimum absolute atomic E-state index is 0.0508. The molecule has 0 aliphatic carbocycles. The summed E-state index contributed by atoms with van der Waals surface area (Å²) in [6.45, 7) is 7.03. The van der Waals surface area contributed by atoms with E-state index in [0.717, 1.165) is 6.07 Å². The van der Waals surface area contributed by atoms with Gasteiger partial charge in [0.1, 0.15) is 5.82 Å². The van der Waals surface area contributed by atoms with Crippen molar-refractivity contribution >= 4 is 17.5 Å². The molecular formula is C27H27FN4O3. The first-order valence-electron chi connectivity index (χ1n) is 11.1. The topological polar surface area (TPSA) is 104 Å². The molecule has 3 aromatic rings. The molecule has 0 radical (unpaired) electrons. The molecule has 180 valence electrons. The largest absolute Gasteiger partial charge is 0.487 e. The highest BCUT2D eigenvalue weighted by Gasteiger charge is 2.23. The standard InChI is InChI=1S/C27H27FN4O3/c1-17(2)35-23-15-30-13-20(14-31-25(33)18-8-6-5-7-9-18)24(23)32-26(34)19-10-21(12-22(28)11-19)27(3,4)16-29/h5-13,15,17H,14H2,1-4H3,(H,31,33)(H,30,32,34). The van der Waals surface area contributed by atoms with Crippen LogP contribution in [-0.4, -0.2) is 22.9 Å². The molecule has 0 aliphatic heterocycles. The molecule has 8 heteroatoms. The van der Waals surface area contributed by atoms with Crippen LogP contribution in [0.4, 0.5) is 10.1 Å². The number of amides is 2. The zero-order valence-corrected chi connectivity index (χ0v) is 20.1. The van der Waals surface area contributed by atoms with Gasteiger partial charge in [0.2, 0.25) is 0 Å². The number of nitrogens with zero attached hydrogens (tertiary/aromatic N) is 2. The van der Waals surface area contributed by atoms with Crippen molar-refractivity contribution in [3.63, 3.8) is 0 Å². The molecule has 0 spiro atoms. The first-order valence-corrected chi connectivity index (χ1v) is 11.1. The molecule has 0 saturated carbocycles. The Labute approximate surface area is 204 Å². The second-order valence-electron chi connectivity index (χ2n) is 8.81. The molecule has 2 N–H and O–H groups in total. The number of hydrogen-bond donors (Lipinski definition) is 2. The highest BCUT2D eigenvalue weighted by atomic mass is 19.1. The normalized spacial score (nSPS) is 11.0. The van der Waals surface area contributed by atoms with Gasteiger partial charge in [-0.25, -0.2) is 4.39 Å². The molecule has 0 saturated heterocycles. The van der Waals surface area contributed by atoms with Crippen molar-refractivity contribution in [2.24, 2.45) is 0 Å². The smallest absolute Gasteiger partial charge is 0.255 e. The summed E-state index contributed by atoms with van der Waals surface area (Å²) in [5.74, 6) is -1.19. The number of anilines is 1. The molecule has 0 unspecified atom stereocenters. The van der Waals surface area contributed by atoms with Crippen molar-refractivity contribution in [3.05, 3.63) is 89.0 Å². The second kappa shape index (κ2) is 10.8. The van der Waals surface area contributed by atoms with Crippen LogP contribution < -0.4 is 15.4 Å². The summed E-state index contributed by atoms with van der Waals surface area (Å²) in [6, 6.07) is 14.7. The first-order chi connectivity index (χ1) is 16.6. The molecule has 3 rings (SSSR count). The van der Waals surface area contributed by atoms with E-state index in [9.17, 15) is 19.2 Å². The predicted octanol–water partition coefficient (Wildman–Crippen LogP) is 4.99. The van der Waals surface area contributed by atoms with Gasteiger partial charge >= 0.3 is 0 Å². The third kappa shape index (κ3) is 6.42. The van der Waals surface area contributed by atoms with E-state index in [1.807, 2.05) is 19.9 Å². The molecule has 0 bridgehead atoms. The highest BCUT2D eigenvalue weighted by molar-refractivity contribution is 6.05.